The van der Waals surface area contributed by atoms with E-state index >= 15 is 0 Å². The fourth-order valence-corrected chi connectivity index (χ4v) is 2.39. The molecule has 1 aromatic carbocycles. The van der Waals surface area contributed by atoms with Crippen LogP contribution >= 0.6 is 0 Å². The molecule has 1 heterocycles. The van der Waals surface area contributed by atoms with Crippen LogP contribution in [-0.4, -0.2) is 26.3 Å². The molecule has 1 saturated heterocycles. The molecular weight excluding hydrogens is 228 g/mol. The van der Waals surface area contributed by atoms with Crippen molar-refractivity contribution >= 4 is 5.69 Å². The highest BCUT2D eigenvalue weighted by molar-refractivity contribution is 5.51. The maximum Gasteiger partial charge on any atom is 0.162 e. The first-order valence-corrected chi connectivity index (χ1v) is 6.51. The van der Waals surface area contributed by atoms with Gasteiger partial charge in [-0.15, -0.1) is 0 Å². The van der Waals surface area contributed by atoms with Gasteiger partial charge in [-0.05, 0) is 50.9 Å². The first kappa shape index (κ1) is 13.0. The zero-order chi connectivity index (χ0) is 13.0. The molecule has 1 aliphatic rings. The van der Waals surface area contributed by atoms with Crippen molar-refractivity contribution in [1.82, 2.24) is 5.32 Å². The Balaban J connectivity index is 2.03. The van der Waals surface area contributed by atoms with E-state index in [1.807, 2.05) is 12.1 Å². The predicted molar refractivity (Wildman–Crippen MR) is 73.1 cm³/mol. The monoisotopic (exact) mass is 250 g/mol. The molecule has 1 unspecified atom stereocenters. The number of rotatable bonds is 4. The highest BCUT2D eigenvalue weighted by Crippen LogP contribution is 2.31. The number of methoxy groups -OCH3 is 1. The Morgan fingerprint density at radius 2 is 2.00 bits per heavy atom. The van der Waals surface area contributed by atoms with E-state index in [0.29, 0.717) is 17.4 Å². The third-order valence-electron chi connectivity index (χ3n) is 3.55. The Labute approximate surface area is 108 Å². The lowest BCUT2D eigenvalue weighted by atomic mass is 9.93. The summed E-state index contributed by atoms with van der Waals surface area (Å²) in [6.07, 6.45) is 2.53. The molecule has 1 aromatic rings. The topological polar surface area (TPSA) is 56.5 Å². The van der Waals surface area contributed by atoms with Gasteiger partial charge in [-0.25, -0.2) is 0 Å². The van der Waals surface area contributed by atoms with E-state index in [-0.39, 0.29) is 6.10 Å². The maximum atomic E-state index is 6.02. The van der Waals surface area contributed by atoms with Crippen LogP contribution in [-0.2, 0) is 0 Å². The van der Waals surface area contributed by atoms with Crippen molar-refractivity contribution < 1.29 is 9.47 Å². The van der Waals surface area contributed by atoms with Crippen molar-refractivity contribution in [2.24, 2.45) is 5.92 Å². The zero-order valence-electron chi connectivity index (χ0n) is 11.1. The largest absolute Gasteiger partial charge is 0.493 e. The third kappa shape index (κ3) is 3.07. The summed E-state index contributed by atoms with van der Waals surface area (Å²) in [6, 6.07) is 5.52. The van der Waals surface area contributed by atoms with E-state index in [9.17, 15) is 0 Å². The summed E-state index contributed by atoms with van der Waals surface area (Å²) in [5.74, 6) is 2.09. The normalized spacial score (nSPS) is 18.3. The van der Waals surface area contributed by atoms with Gasteiger partial charge in [0.25, 0.3) is 0 Å². The summed E-state index contributed by atoms with van der Waals surface area (Å²) in [4.78, 5) is 0. The second-order valence-corrected chi connectivity index (χ2v) is 4.82. The molecule has 0 spiro atoms. The van der Waals surface area contributed by atoms with Crippen molar-refractivity contribution in [3.8, 4) is 11.5 Å². The van der Waals surface area contributed by atoms with Crippen LogP contribution in [0.2, 0.25) is 0 Å². The van der Waals surface area contributed by atoms with Gasteiger partial charge in [0.1, 0.15) is 0 Å². The molecule has 1 aliphatic heterocycles. The summed E-state index contributed by atoms with van der Waals surface area (Å²) < 4.78 is 11.3. The fourth-order valence-electron chi connectivity index (χ4n) is 2.39. The smallest absolute Gasteiger partial charge is 0.162 e. The van der Waals surface area contributed by atoms with Crippen LogP contribution in [0, 0.1) is 5.92 Å². The molecule has 0 aromatic heterocycles. The third-order valence-corrected chi connectivity index (χ3v) is 3.55. The number of hydrogen-bond acceptors (Lipinski definition) is 4. The Hall–Kier alpha value is -1.42. The van der Waals surface area contributed by atoms with E-state index in [4.69, 9.17) is 15.2 Å². The average Bonchev–Trinajstić information content (AvgIpc) is 2.41. The number of ether oxygens (including phenoxy) is 2. The summed E-state index contributed by atoms with van der Waals surface area (Å²) in [5, 5.41) is 3.37. The van der Waals surface area contributed by atoms with Crippen molar-refractivity contribution in [3.05, 3.63) is 18.2 Å². The minimum atomic E-state index is 0.199. The van der Waals surface area contributed by atoms with Gasteiger partial charge in [0.2, 0.25) is 0 Å². The van der Waals surface area contributed by atoms with Crippen LogP contribution in [0.1, 0.15) is 19.8 Å². The van der Waals surface area contributed by atoms with Gasteiger partial charge in [-0.1, -0.05) is 0 Å². The number of nitrogens with one attached hydrogen (secondary N) is 1. The van der Waals surface area contributed by atoms with Crippen LogP contribution < -0.4 is 20.5 Å². The minimum absolute atomic E-state index is 0.199. The quantitative estimate of drug-likeness (QED) is 0.803. The molecular formula is C14H22N2O2. The molecule has 4 nitrogen and oxygen atoms in total. The summed E-state index contributed by atoms with van der Waals surface area (Å²) in [5.41, 5.74) is 6.42. The van der Waals surface area contributed by atoms with Gasteiger partial charge in [0.05, 0.1) is 13.2 Å². The SMILES string of the molecule is COc1cc(N)ccc1OC(C)C1CCNCC1. The Morgan fingerprint density at radius 3 is 2.67 bits per heavy atom. The molecule has 0 bridgehead atoms. The Morgan fingerprint density at radius 1 is 1.28 bits per heavy atom. The second kappa shape index (κ2) is 5.96. The van der Waals surface area contributed by atoms with Gasteiger partial charge in [0, 0.05) is 11.8 Å². The molecule has 18 heavy (non-hydrogen) atoms. The van der Waals surface area contributed by atoms with Crippen molar-refractivity contribution in [2.45, 2.75) is 25.9 Å². The maximum absolute atomic E-state index is 6.02. The molecule has 4 heteroatoms. The van der Waals surface area contributed by atoms with E-state index in [0.717, 1.165) is 18.8 Å². The number of benzene rings is 1. The first-order chi connectivity index (χ1) is 8.70. The lowest BCUT2D eigenvalue weighted by Crippen LogP contribution is -2.35. The van der Waals surface area contributed by atoms with Crippen LogP contribution in [0.5, 0.6) is 11.5 Å². The van der Waals surface area contributed by atoms with E-state index in [1.165, 1.54) is 12.8 Å². The molecule has 0 saturated carbocycles. The van der Waals surface area contributed by atoms with Crippen molar-refractivity contribution in [2.75, 3.05) is 25.9 Å². The molecule has 1 fully saturated rings. The molecule has 2 rings (SSSR count). The number of nitrogens with two attached hydrogens (primary N) is 1. The van der Waals surface area contributed by atoms with Gasteiger partial charge >= 0.3 is 0 Å². The highest BCUT2D eigenvalue weighted by atomic mass is 16.5. The van der Waals surface area contributed by atoms with E-state index in [1.54, 1.807) is 13.2 Å². The number of anilines is 1. The zero-order valence-corrected chi connectivity index (χ0v) is 11.1. The number of nitrogen functional groups attached to an aromatic ring is 1. The number of piperidine rings is 1. The standard InChI is InChI=1S/C14H22N2O2/c1-10(11-5-7-16-8-6-11)18-13-4-3-12(15)9-14(13)17-2/h3-4,9-11,16H,5-8,15H2,1-2H3. The van der Waals surface area contributed by atoms with Crippen LogP contribution in [0.3, 0.4) is 0 Å². The highest BCUT2D eigenvalue weighted by Gasteiger charge is 2.22. The average molecular weight is 250 g/mol. The Kier molecular flexibility index (Phi) is 4.31. The molecule has 3 N–H and O–H groups in total. The van der Waals surface area contributed by atoms with Gasteiger partial charge in [-0.2, -0.15) is 0 Å². The van der Waals surface area contributed by atoms with Gasteiger partial charge in [-0.3, -0.25) is 0 Å². The summed E-state index contributed by atoms with van der Waals surface area (Å²) >= 11 is 0. The van der Waals surface area contributed by atoms with Crippen LogP contribution in [0.4, 0.5) is 5.69 Å². The lowest BCUT2D eigenvalue weighted by Gasteiger charge is -2.29. The van der Waals surface area contributed by atoms with E-state index < -0.39 is 0 Å². The molecule has 0 radical (unpaired) electrons. The first-order valence-electron chi connectivity index (χ1n) is 6.51. The fraction of sp³-hybridized carbons (Fsp3) is 0.571. The summed E-state index contributed by atoms with van der Waals surface area (Å²) in [6.45, 7) is 4.29. The summed E-state index contributed by atoms with van der Waals surface area (Å²) in [7, 11) is 1.64. The minimum Gasteiger partial charge on any atom is -0.493 e. The molecule has 1 atom stereocenters. The van der Waals surface area contributed by atoms with E-state index in [2.05, 4.69) is 12.2 Å². The Bertz CT molecular complexity index is 389. The van der Waals surface area contributed by atoms with Crippen molar-refractivity contribution in [3.63, 3.8) is 0 Å². The predicted octanol–water partition coefficient (Wildman–Crippen LogP) is 2.04. The van der Waals surface area contributed by atoms with Crippen LogP contribution in [0.25, 0.3) is 0 Å². The van der Waals surface area contributed by atoms with Crippen LogP contribution in [0.15, 0.2) is 18.2 Å². The van der Waals surface area contributed by atoms with Gasteiger partial charge in [0.15, 0.2) is 11.5 Å². The second-order valence-electron chi connectivity index (χ2n) is 4.82. The lowest BCUT2D eigenvalue weighted by molar-refractivity contribution is 0.124. The van der Waals surface area contributed by atoms with Gasteiger partial charge < -0.3 is 20.5 Å². The van der Waals surface area contributed by atoms with Crippen molar-refractivity contribution in [1.29, 1.82) is 0 Å². The molecule has 0 aliphatic carbocycles. The number of hydrogen-bond donors (Lipinski definition) is 2. The molecule has 100 valence electrons. The molecule has 0 amide bonds.